The molecular weight excluding hydrogens is 316 g/mol. The molecule has 122 valence electrons. The van der Waals surface area contributed by atoms with Gasteiger partial charge in [0.25, 0.3) is 10.0 Å². The molecule has 2 saturated carbocycles. The first-order valence-corrected chi connectivity index (χ1v) is 9.15. The van der Waals surface area contributed by atoms with Crippen LogP contribution < -0.4 is 5.14 Å². The van der Waals surface area contributed by atoms with E-state index < -0.39 is 10.0 Å². The van der Waals surface area contributed by atoms with Crippen molar-refractivity contribution in [3.63, 3.8) is 0 Å². The van der Waals surface area contributed by atoms with Gasteiger partial charge < -0.3 is 4.52 Å². The van der Waals surface area contributed by atoms with Crippen LogP contribution in [0.1, 0.15) is 61.7 Å². The third kappa shape index (κ3) is 2.46. The number of nitrogens with zero attached hydrogens (tertiary/aromatic N) is 3. The van der Waals surface area contributed by atoms with E-state index in [-0.39, 0.29) is 22.3 Å². The first-order valence-electron chi connectivity index (χ1n) is 7.61. The second kappa shape index (κ2) is 4.61. The molecule has 7 nitrogen and oxygen atoms in total. The molecule has 23 heavy (non-hydrogen) atoms. The van der Waals surface area contributed by atoms with Crippen LogP contribution in [0.5, 0.6) is 0 Å². The smallest absolute Gasteiger partial charge is 0.255 e. The second-order valence-corrected chi connectivity index (χ2v) is 8.52. The lowest BCUT2D eigenvalue weighted by Crippen LogP contribution is -2.13. The van der Waals surface area contributed by atoms with Crippen molar-refractivity contribution in [2.24, 2.45) is 10.6 Å². The van der Waals surface area contributed by atoms with E-state index in [2.05, 4.69) is 29.0 Å². The van der Waals surface area contributed by atoms with Gasteiger partial charge in [-0.15, -0.1) is 0 Å². The minimum Gasteiger partial charge on any atom is -0.339 e. The van der Waals surface area contributed by atoms with Crippen LogP contribution in [0.2, 0.25) is 0 Å². The normalized spacial score (nSPS) is 26.2. The molecular formula is C15H18N4O3S. The van der Waals surface area contributed by atoms with Crippen molar-refractivity contribution < 1.29 is 12.9 Å². The molecule has 4 rings (SSSR count). The van der Waals surface area contributed by atoms with Gasteiger partial charge in [0.15, 0.2) is 10.9 Å². The van der Waals surface area contributed by atoms with Crippen LogP contribution in [-0.2, 0) is 10.0 Å². The zero-order valence-electron chi connectivity index (χ0n) is 12.9. The van der Waals surface area contributed by atoms with Crippen LogP contribution >= 0.6 is 0 Å². The van der Waals surface area contributed by atoms with E-state index in [1.807, 2.05) is 0 Å². The fraction of sp³-hybridized carbons (Fsp3) is 0.533. The summed E-state index contributed by atoms with van der Waals surface area (Å²) in [5.41, 5.74) is 0.927. The lowest BCUT2D eigenvalue weighted by atomic mass is 10.1. The zero-order chi connectivity index (χ0) is 16.4. The number of pyridine rings is 1. The van der Waals surface area contributed by atoms with E-state index >= 15 is 0 Å². The van der Waals surface area contributed by atoms with E-state index in [1.165, 1.54) is 6.07 Å². The third-order valence-corrected chi connectivity index (χ3v) is 5.73. The van der Waals surface area contributed by atoms with Gasteiger partial charge in [-0.2, -0.15) is 4.98 Å². The van der Waals surface area contributed by atoms with E-state index in [0.29, 0.717) is 11.8 Å². The fourth-order valence-corrected chi connectivity index (χ4v) is 3.80. The lowest BCUT2D eigenvalue weighted by Gasteiger charge is -2.03. The fourth-order valence-electron chi connectivity index (χ4n) is 3.35. The highest BCUT2D eigenvalue weighted by molar-refractivity contribution is 7.89. The SMILES string of the molecule is CC1(C)[C@@H](c2ccc(S(N)(=O)=O)nc2)[C@@H]1c1nc(C2CC2)no1. The predicted molar refractivity (Wildman–Crippen MR) is 81.1 cm³/mol. The summed E-state index contributed by atoms with van der Waals surface area (Å²) >= 11 is 0. The quantitative estimate of drug-likeness (QED) is 0.914. The van der Waals surface area contributed by atoms with Crippen molar-refractivity contribution in [2.45, 2.75) is 49.5 Å². The molecule has 2 N–H and O–H groups in total. The van der Waals surface area contributed by atoms with Crippen molar-refractivity contribution in [3.05, 3.63) is 35.6 Å². The van der Waals surface area contributed by atoms with Crippen molar-refractivity contribution in [2.75, 3.05) is 0 Å². The molecule has 2 heterocycles. The summed E-state index contributed by atoms with van der Waals surface area (Å²) in [5, 5.41) is 9.05. The number of sulfonamides is 1. The number of hydrogen-bond acceptors (Lipinski definition) is 6. The van der Waals surface area contributed by atoms with Crippen molar-refractivity contribution in [1.29, 1.82) is 0 Å². The molecule has 2 aromatic heterocycles. The summed E-state index contributed by atoms with van der Waals surface area (Å²) < 4.78 is 28.1. The monoisotopic (exact) mass is 334 g/mol. The Bertz CT molecular complexity index is 853. The first kappa shape index (κ1) is 14.8. The van der Waals surface area contributed by atoms with Gasteiger partial charge in [-0.1, -0.05) is 25.1 Å². The van der Waals surface area contributed by atoms with Gasteiger partial charge in [-0.25, -0.2) is 18.5 Å². The molecule has 2 atom stereocenters. The minimum atomic E-state index is -3.77. The van der Waals surface area contributed by atoms with E-state index in [4.69, 9.17) is 9.66 Å². The molecule has 0 aromatic carbocycles. The van der Waals surface area contributed by atoms with Crippen LogP contribution in [0.3, 0.4) is 0 Å². The molecule has 2 aromatic rings. The van der Waals surface area contributed by atoms with E-state index in [9.17, 15) is 8.42 Å². The van der Waals surface area contributed by atoms with Crippen molar-refractivity contribution in [3.8, 4) is 0 Å². The topological polar surface area (TPSA) is 112 Å². The Kier molecular flexibility index (Phi) is 2.96. The summed E-state index contributed by atoms with van der Waals surface area (Å²) in [6.07, 6.45) is 3.84. The largest absolute Gasteiger partial charge is 0.339 e. The highest BCUT2D eigenvalue weighted by Crippen LogP contribution is 2.69. The van der Waals surface area contributed by atoms with Crippen LogP contribution in [0.4, 0.5) is 0 Å². The lowest BCUT2D eigenvalue weighted by molar-refractivity contribution is 0.363. The molecule has 2 fully saturated rings. The van der Waals surface area contributed by atoms with Crippen LogP contribution in [-0.4, -0.2) is 23.5 Å². The second-order valence-electron chi connectivity index (χ2n) is 7.02. The van der Waals surface area contributed by atoms with E-state index in [1.54, 1.807) is 12.3 Å². The maximum Gasteiger partial charge on any atom is 0.255 e. The Balaban J connectivity index is 1.61. The van der Waals surface area contributed by atoms with Gasteiger partial charge in [-0.05, 0) is 29.9 Å². The molecule has 0 unspecified atom stereocenters. The third-order valence-electron chi connectivity index (χ3n) is 4.90. The molecule has 0 amide bonds. The van der Waals surface area contributed by atoms with Crippen LogP contribution in [0, 0.1) is 5.41 Å². The summed E-state index contributed by atoms with van der Waals surface area (Å²) in [6.45, 7) is 4.27. The molecule has 0 aliphatic heterocycles. The Hall–Kier alpha value is -1.80. The summed E-state index contributed by atoms with van der Waals surface area (Å²) in [6, 6.07) is 3.21. The molecule has 0 bridgehead atoms. The first-order chi connectivity index (χ1) is 10.8. The van der Waals surface area contributed by atoms with Gasteiger partial charge in [-0.3, -0.25) is 0 Å². The minimum absolute atomic E-state index is 0.0296. The number of rotatable bonds is 4. The molecule has 0 spiro atoms. The summed E-state index contributed by atoms with van der Waals surface area (Å²) in [5.74, 6) is 2.24. The average molecular weight is 334 g/mol. The number of nitrogens with two attached hydrogens (primary N) is 1. The van der Waals surface area contributed by atoms with Gasteiger partial charge in [0.1, 0.15) is 0 Å². The predicted octanol–water partition coefficient (Wildman–Crippen LogP) is 1.90. The Morgan fingerprint density at radius 2 is 2.00 bits per heavy atom. The number of primary sulfonamides is 1. The van der Waals surface area contributed by atoms with Crippen LogP contribution in [0.25, 0.3) is 0 Å². The molecule has 2 aliphatic rings. The Labute approximate surface area is 134 Å². The van der Waals surface area contributed by atoms with Gasteiger partial charge >= 0.3 is 0 Å². The molecule has 8 heteroatoms. The number of hydrogen-bond donors (Lipinski definition) is 1. The highest BCUT2D eigenvalue weighted by atomic mass is 32.2. The van der Waals surface area contributed by atoms with Crippen LogP contribution in [0.15, 0.2) is 27.9 Å². The van der Waals surface area contributed by atoms with Crippen molar-refractivity contribution in [1.82, 2.24) is 15.1 Å². The van der Waals surface area contributed by atoms with Crippen molar-refractivity contribution >= 4 is 10.0 Å². The number of aromatic nitrogens is 3. The average Bonchev–Trinajstić information content (AvgIpc) is 3.36. The van der Waals surface area contributed by atoms with E-state index in [0.717, 1.165) is 24.2 Å². The highest BCUT2D eigenvalue weighted by Gasteiger charge is 2.62. The van der Waals surface area contributed by atoms with Gasteiger partial charge in [0, 0.05) is 18.0 Å². The Morgan fingerprint density at radius 3 is 2.57 bits per heavy atom. The standard InChI is InChI=1S/C15H18N4O3S/c1-15(2)11(9-5-6-10(17-7-9)23(16,20)21)12(15)14-18-13(19-22-14)8-3-4-8/h5-8,11-12H,3-4H2,1-2H3,(H2,16,20,21)/t11-,12+/m0/s1. The zero-order valence-corrected chi connectivity index (χ0v) is 13.7. The molecule has 0 saturated heterocycles. The molecule has 2 aliphatic carbocycles. The maximum absolute atomic E-state index is 11.3. The summed E-state index contributed by atoms with van der Waals surface area (Å²) in [7, 11) is -3.77. The van der Waals surface area contributed by atoms with Gasteiger partial charge in [0.05, 0.1) is 5.92 Å². The summed E-state index contributed by atoms with van der Waals surface area (Å²) in [4.78, 5) is 8.52. The Morgan fingerprint density at radius 1 is 1.26 bits per heavy atom. The van der Waals surface area contributed by atoms with Gasteiger partial charge in [0.2, 0.25) is 5.89 Å². The molecule has 0 radical (unpaired) electrons. The maximum atomic E-state index is 11.3.